The number of ether oxygens (including phenoxy) is 1. The number of aromatic nitrogens is 2. The van der Waals surface area contributed by atoms with Crippen molar-refractivity contribution in [3.05, 3.63) is 11.4 Å². The zero-order chi connectivity index (χ0) is 9.26. The number of nitrogens with zero attached hydrogens (tertiary/aromatic N) is 2. The number of nitrogens with one attached hydrogen (secondary N) is 1. The van der Waals surface area contributed by atoms with Gasteiger partial charge in [0.05, 0.1) is 18.0 Å². The minimum atomic E-state index is 0.653. The molecule has 0 bridgehead atoms. The summed E-state index contributed by atoms with van der Waals surface area (Å²) in [7, 11) is 1.72. The SMILES string of the molecule is COCc1c(C)nc2n1CCCN2. The molecule has 0 atom stereocenters. The van der Waals surface area contributed by atoms with Gasteiger partial charge in [-0.15, -0.1) is 0 Å². The van der Waals surface area contributed by atoms with Crippen molar-refractivity contribution >= 4 is 5.95 Å². The molecule has 0 amide bonds. The lowest BCUT2D eigenvalue weighted by Crippen LogP contribution is -2.18. The van der Waals surface area contributed by atoms with E-state index in [4.69, 9.17) is 4.74 Å². The highest BCUT2D eigenvalue weighted by molar-refractivity contribution is 5.34. The van der Waals surface area contributed by atoms with Crippen molar-refractivity contribution in [3.63, 3.8) is 0 Å². The Morgan fingerprint density at radius 1 is 1.62 bits per heavy atom. The first kappa shape index (κ1) is 8.56. The molecule has 0 radical (unpaired) electrons. The second-order valence-electron chi connectivity index (χ2n) is 3.33. The molecule has 0 unspecified atom stereocenters. The van der Waals surface area contributed by atoms with Crippen LogP contribution in [0.2, 0.25) is 0 Å². The van der Waals surface area contributed by atoms with Crippen molar-refractivity contribution in [2.24, 2.45) is 0 Å². The summed E-state index contributed by atoms with van der Waals surface area (Å²) in [6, 6.07) is 0. The number of imidazole rings is 1. The lowest BCUT2D eigenvalue weighted by molar-refractivity contribution is 0.177. The zero-order valence-corrected chi connectivity index (χ0v) is 8.13. The van der Waals surface area contributed by atoms with Crippen LogP contribution >= 0.6 is 0 Å². The molecule has 4 heteroatoms. The first-order valence-electron chi connectivity index (χ1n) is 4.61. The fourth-order valence-corrected chi connectivity index (χ4v) is 1.74. The van der Waals surface area contributed by atoms with Gasteiger partial charge in [0.2, 0.25) is 5.95 Å². The minimum Gasteiger partial charge on any atom is -0.378 e. The Morgan fingerprint density at radius 3 is 3.23 bits per heavy atom. The molecule has 13 heavy (non-hydrogen) atoms. The predicted octanol–water partition coefficient (Wildman–Crippen LogP) is 1.15. The standard InChI is InChI=1S/C9H15N3O/c1-7-8(6-13-2)12-5-3-4-10-9(12)11-7/h3-6H2,1-2H3,(H,10,11). The average molecular weight is 181 g/mol. The fourth-order valence-electron chi connectivity index (χ4n) is 1.74. The van der Waals surface area contributed by atoms with Crippen molar-refractivity contribution in [2.45, 2.75) is 26.5 Å². The zero-order valence-electron chi connectivity index (χ0n) is 8.13. The molecule has 1 N–H and O–H groups in total. The molecule has 0 saturated carbocycles. The van der Waals surface area contributed by atoms with Gasteiger partial charge in [-0.2, -0.15) is 0 Å². The van der Waals surface area contributed by atoms with E-state index in [9.17, 15) is 0 Å². The van der Waals surface area contributed by atoms with Gasteiger partial charge < -0.3 is 14.6 Å². The molecular formula is C9H15N3O. The predicted molar refractivity (Wildman–Crippen MR) is 50.8 cm³/mol. The molecule has 0 spiro atoms. The van der Waals surface area contributed by atoms with Gasteiger partial charge in [-0.3, -0.25) is 0 Å². The van der Waals surface area contributed by atoms with Gasteiger partial charge in [0.1, 0.15) is 0 Å². The Labute approximate surface area is 77.9 Å². The molecule has 72 valence electrons. The molecule has 1 aromatic heterocycles. The van der Waals surface area contributed by atoms with E-state index in [-0.39, 0.29) is 0 Å². The van der Waals surface area contributed by atoms with Gasteiger partial charge in [0.25, 0.3) is 0 Å². The van der Waals surface area contributed by atoms with Crippen LogP contribution in [0.1, 0.15) is 17.8 Å². The summed E-state index contributed by atoms with van der Waals surface area (Å²) >= 11 is 0. The van der Waals surface area contributed by atoms with Crippen molar-refractivity contribution < 1.29 is 4.74 Å². The summed E-state index contributed by atoms with van der Waals surface area (Å²) in [6.07, 6.45) is 1.17. The summed E-state index contributed by atoms with van der Waals surface area (Å²) < 4.78 is 7.36. The molecule has 0 aromatic carbocycles. The number of fused-ring (bicyclic) bond motifs is 1. The highest BCUT2D eigenvalue weighted by atomic mass is 16.5. The Hall–Kier alpha value is -1.03. The van der Waals surface area contributed by atoms with Crippen LogP contribution in [0.25, 0.3) is 0 Å². The molecule has 2 heterocycles. The summed E-state index contributed by atoms with van der Waals surface area (Å²) in [5.41, 5.74) is 2.27. The van der Waals surface area contributed by atoms with Crippen LogP contribution in [-0.4, -0.2) is 23.2 Å². The second kappa shape index (κ2) is 3.38. The minimum absolute atomic E-state index is 0.653. The van der Waals surface area contributed by atoms with Crippen LogP contribution in [0.3, 0.4) is 0 Å². The first-order valence-corrected chi connectivity index (χ1v) is 4.61. The molecule has 4 nitrogen and oxygen atoms in total. The molecule has 0 saturated heterocycles. The topological polar surface area (TPSA) is 39.1 Å². The largest absolute Gasteiger partial charge is 0.378 e. The van der Waals surface area contributed by atoms with Crippen LogP contribution < -0.4 is 5.32 Å². The lowest BCUT2D eigenvalue weighted by Gasteiger charge is -2.17. The smallest absolute Gasteiger partial charge is 0.203 e. The number of aryl methyl sites for hydroxylation is 1. The third kappa shape index (κ3) is 1.42. The maximum atomic E-state index is 5.14. The molecule has 0 fully saturated rings. The number of anilines is 1. The number of hydrogen-bond donors (Lipinski definition) is 1. The van der Waals surface area contributed by atoms with Crippen LogP contribution in [0.15, 0.2) is 0 Å². The van der Waals surface area contributed by atoms with Crippen molar-refractivity contribution in [1.82, 2.24) is 9.55 Å². The molecule has 1 aromatic rings. The molecule has 0 aliphatic carbocycles. The highest BCUT2D eigenvalue weighted by Gasteiger charge is 2.16. The Kier molecular flexibility index (Phi) is 2.22. The summed E-state index contributed by atoms with van der Waals surface area (Å²) in [5.74, 6) is 0.996. The van der Waals surface area contributed by atoms with Gasteiger partial charge in [0.15, 0.2) is 0 Å². The van der Waals surface area contributed by atoms with Crippen LogP contribution in [-0.2, 0) is 17.9 Å². The third-order valence-electron chi connectivity index (χ3n) is 2.40. The van der Waals surface area contributed by atoms with Crippen LogP contribution in [0.4, 0.5) is 5.95 Å². The van der Waals surface area contributed by atoms with Crippen LogP contribution in [0, 0.1) is 6.92 Å². The maximum Gasteiger partial charge on any atom is 0.203 e. The molecule has 1 aliphatic rings. The molecule has 1 aliphatic heterocycles. The average Bonchev–Trinajstić information content (AvgIpc) is 2.44. The number of rotatable bonds is 2. The van der Waals surface area contributed by atoms with E-state index in [2.05, 4.69) is 14.9 Å². The normalized spacial score (nSPS) is 15.2. The highest BCUT2D eigenvalue weighted by Crippen LogP contribution is 2.19. The van der Waals surface area contributed by atoms with Crippen molar-refractivity contribution in [2.75, 3.05) is 19.0 Å². The Balaban J connectivity index is 2.36. The Bertz CT molecular complexity index is 306. The van der Waals surface area contributed by atoms with Gasteiger partial charge in [-0.25, -0.2) is 4.98 Å². The third-order valence-corrected chi connectivity index (χ3v) is 2.40. The second-order valence-corrected chi connectivity index (χ2v) is 3.33. The van der Waals surface area contributed by atoms with E-state index in [1.54, 1.807) is 7.11 Å². The van der Waals surface area contributed by atoms with E-state index >= 15 is 0 Å². The number of hydrogen-bond acceptors (Lipinski definition) is 3. The summed E-state index contributed by atoms with van der Waals surface area (Å²) in [5, 5.41) is 3.28. The quantitative estimate of drug-likeness (QED) is 0.744. The summed E-state index contributed by atoms with van der Waals surface area (Å²) in [6.45, 7) is 4.77. The fraction of sp³-hybridized carbons (Fsp3) is 0.667. The Morgan fingerprint density at radius 2 is 2.46 bits per heavy atom. The van der Waals surface area contributed by atoms with E-state index in [1.807, 2.05) is 6.92 Å². The van der Waals surface area contributed by atoms with E-state index in [0.29, 0.717) is 6.61 Å². The molecular weight excluding hydrogens is 166 g/mol. The van der Waals surface area contributed by atoms with Gasteiger partial charge in [-0.05, 0) is 13.3 Å². The van der Waals surface area contributed by atoms with Gasteiger partial charge >= 0.3 is 0 Å². The van der Waals surface area contributed by atoms with Crippen LogP contribution in [0.5, 0.6) is 0 Å². The first-order chi connectivity index (χ1) is 6.33. The number of methoxy groups -OCH3 is 1. The van der Waals surface area contributed by atoms with E-state index < -0.39 is 0 Å². The van der Waals surface area contributed by atoms with Gasteiger partial charge in [-0.1, -0.05) is 0 Å². The van der Waals surface area contributed by atoms with Crippen molar-refractivity contribution in [3.8, 4) is 0 Å². The maximum absolute atomic E-state index is 5.14. The van der Waals surface area contributed by atoms with E-state index in [0.717, 1.165) is 24.7 Å². The lowest BCUT2D eigenvalue weighted by atomic mass is 10.3. The van der Waals surface area contributed by atoms with E-state index in [1.165, 1.54) is 12.1 Å². The van der Waals surface area contributed by atoms with Gasteiger partial charge in [0, 0.05) is 20.2 Å². The molecule has 2 rings (SSSR count). The monoisotopic (exact) mass is 181 g/mol. The summed E-state index contributed by atoms with van der Waals surface area (Å²) in [4.78, 5) is 4.44. The van der Waals surface area contributed by atoms with Crippen molar-refractivity contribution in [1.29, 1.82) is 0 Å².